The molecule has 162 valence electrons. The number of rotatable bonds is 18. The Morgan fingerprint density at radius 3 is 1.81 bits per heavy atom. The van der Waals surface area contributed by atoms with E-state index in [1.165, 1.54) is 64.2 Å². The molecule has 0 aromatic rings. The largest absolute Gasteiger partial charge is 0.385 e. The van der Waals surface area contributed by atoms with Crippen molar-refractivity contribution in [2.45, 2.75) is 103 Å². The molecule has 0 rings (SSSR count). The first-order chi connectivity index (χ1) is 12.8. The lowest BCUT2D eigenvalue weighted by molar-refractivity contribution is -0.883. The number of hydrogen-bond donors (Lipinski definition) is 1. The molecular formula is C22H47NO3P+. The van der Waals surface area contributed by atoms with Gasteiger partial charge in [-0.05, 0) is 32.1 Å². The van der Waals surface area contributed by atoms with Crippen LogP contribution in [-0.2, 0) is 9.09 Å². The standard InChI is InChI=1S/C22H46NO3P/c1-6-8-9-10-11-12-13-14-15-16-17-18-19-20-21-26-27(24,25)22(7-2)23(3,4)5/h12-13,22H,6-11,14-21H2,1-5H3/p+1/b13-12-. The topological polar surface area (TPSA) is 46.5 Å². The third-order valence-corrected chi connectivity index (χ3v) is 7.43. The van der Waals surface area contributed by atoms with Crippen molar-refractivity contribution in [2.75, 3.05) is 27.7 Å². The minimum absolute atomic E-state index is 0.350. The first-order valence-electron chi connectivity index (χ1n) is 11.2. The van der Waals surface area contributed by atoms with Crippen molar-refractivity contribution in [1.29, 1.82) is 0 Å². The van der Waals surface area contributed by atoms with Crippen molar-refractivity contribution in [3.63, 3.8) is 0 Å². The minimum atomic E-state index is -3.55. The second-order valence-corrected chi connectivity index (χ2v) is 10.6. The Labute approximate surface area is 169 Å². The van der Waals surface area contributed by atoms with E-state index in [1.54, 1.807) is 0 Å². The molecule has 0 heterocycles. The maximum Gasteiger partial charge on any atom is 0.385 e. The first-order valence-corrected chi connectivity index (χ1v) is 12.8. The van der Waals surface area contributed by atoms with E-state index >= 15 is 0 Å². The maximum absolute atomic E-state index is 12.4. The van der Waals surface area contributed by atoms with Crippen LogP contribution in [0.2, 0.25) is 0 Å². The van der Waals surface area contributed by atoms with Crippen molar-refractivity contribution in [2.24, 2.45) is 0 Å². The Morgan fingerprint density at radius 2 is 1.33 bits per heavy atom. The normalized spacial score (nSPS) is 15.9. The zero-order valence-electron chi connectivity index (χ0n) is 18.8. The highest BCUT2D eigenvalue weighted by molar-refractivity contribution is 7.53. The molecule has 5 heteroatoms. The summed E-state index contributed by atoms with van der Waals surface area (Å²) in [6.45, 7) is 4.59. The molecular weight excluding hydrogens is 357 g/mol. The fourth-order valence-electron chi connectivity index (χ4n) is 3.49. The summed E-state index contributed by atoms with van der Waals surface area (Å²) in [6, 6.07) is 0. The van der Waals surface area contributed by atoms with Crippen LogP contribution in [0.1, 0.15) is 97.3 Å². The van der Waals surface area contributed by atoms with Crippen LogP contribution in [-0.4, -0.2) is 42.9 Å². The van der Waals surface area contributed by atoms with Gasteiger partial charge in [-0.15, -0.1) is 0 Å². The molecule has 0 fully saturated rings. The quantitative estimate of drug-likeness (QED) is 0.117. The number of nitrogens with zero attached hydrogens (tertiary/aromatic N) is 1. The number of allylic oxidation sites excluding steroid dienone is 2. The fourth-order valence-corrected chi connectivity index (χ4v) is 5.39. The number of hydrogen-bond acceptors (Lipinski definition) is 2. The van der Waals surface area contributed by atoms with E-state index in [4.69, 9.17) is 4.52 Å². The van der Waals surface area contributed by atoms with Crippen LogP contribution in [0.5, 0.6) is 0 Å². The first kappa shape index (κ1) is 26.9. The van der Waals surface area contributed by atoms with Gasteiger partial charge in [0.25, 0.3) is 0 Å². The van der Waals surface area contributed by atoms with Gasteiger partial charge in [0.2, 0.25) is 0 Å². The predicted octanol–water partition coefficient (Wildman–Crippen LogP) is 6.89. The molecule has 0 amide bonds. The Morgan fingerprint density at radius 1 is 0.852 bits per heavy atom. The SMILES string of the molecule is CCCCCC/C=C\CCCCCCCCOP(=O)(O)C(CC)[N+](C)(C)C. The average molecular weight is 405 g/mol. The maximum atomic E-state index is 12.4. The number of unbranched alkanes of at least 4 members (excludes halogenated alkanes) is 10. The molecule has 0 aliphatic heterocycles. The molecule has 0 spiro atoms. The molecule has 0 aromatic heterocycles. The highest BCUT2D eigenvalue weighted by Gasteiger charge is 2.41. The van der Waals surface area contributed by atoms with E-state index in [1.807, 2.05) is 28.1 Å². The van der Waals surface area contributed by atoms with Crippen LogP contribution in [0.15, 0.2) is 12.2 Å². The lowest BCUT2D eigenvalue weighted by atomic mass is 10.1. The summed E-state index contributed by atoms with van der Waals surface area (Å²) in [7, 11) is 2.29. The van der Waals surface area contributed by atoms with E-state index in [0.29, 0.717) is 17.5 Å². The highest BCUT2D eigenvalue weighted by atomic mass is 31.2. The summed E-state index contributed by atoms with van der Waals surface area (Å²) in [5.74, 6) is -0.350. The van der Waals surface area contributed by atoms with Crippen molar-refractivity contribution in [3.05, 3.63) is 12.2 Å². The van der Waals surface area contributed by atoms with Crippen molar-refractivity contribution in [1.82, 2.24) is 0 Å². The predicted molar refractivity (Wildman–Crippen MR) is 118 cm³/mol. The van der Waals surface area contributed by atoms with Gasteiger partial charge in [-0.25, -0.2) is 0 Å². The summed E-state index contributed by atoms with van der Waals surface area (Å²) >= 11 is 0. The van der Waals surface area contributed by atoms with Gasteiger partial charge in [0.05, 0.1) is 27.7 Å². The molecule has 0 radical (unpaired) electrons. The Hall–Kier alpha value is -0.150. The zero-order valence-corrected chi connectivity index (χ0v) is 19.7. The summed E-state index contributed by atoms with van der Waals surface area (Å²) in [5, 5.41) is 0. The van der Waals surface area contributed by atoms with Gasteiger partial charge in [0, 0.05) is 6.42 Å². The van der Waals surface area contributed by atoms with E-state index < -0.39 is 7.60 Å². The van der Waals surface area contributed by atoms with Crippen LogP contribution < -0.4 is 0 Å². The number of quaternary nitrogens is 1. The lowest BCUT2D eigenvalue weighted by Crippen LogP contribution is -2.44. The van der Waals surface area contributed by atoms with E-state index in [0.717, 1.165) is 12.8 Å². The molecule has 0 saturated heterocycles. The van der Waals surface area contributed by atoms with Crippen LogP contribution in [0, 0.1) is 0 Å². The van der Waals surface area contributed by atoms with Gasteiger partial charge in [0.1, 0.15) is 0 Å². The van der Waals surface area contributed by atoms with Gasteiger partial charge >= 0.3 is 7.60 Å². The zero-order chi connectivity index (χ0) is 20.6. The van der Waals surface area contributed by atoms with Crippen molar-refractivity contribution < 1.29 is 18.5 Å². The third kappa shape index (κ3) is 14.5. The molecule has 0 aromatic carbocycles. The van der Waals surface area contributed by atoms with Crippen LogP contribution in [0.4, 0.5) is 0 Å². The van der Waals surface area contributed by atoms with Gasteiger partial charge in [-0.2, -0.15) is 0 Å². The molecule has 0 bridgehead atoms. The van der Waals surface area contributed by atoms with Gasteiger partial charge in [-0.1, -0.05) is 70.9 Å². The molecule has 4 nitrogen and oxygen atoms in total. The second kappa shape index (κ2) is 15.7. The van der Waals surface area contributed by atoms with E-state index in [-0.39, 0.29) is 5.78 Å². The molecule has 0 aliphatic carbocycles. The van der Waals surface area contributed by atoms with Crippen LogP contribution in [0.25, 0.3) is 0 Å². The Balaban J connectivity index is 3.59. The minimum Gasteiger partial charge on any atom is -0.320 e. The van der Waals surface area contributed by atoms with Gasteiger partial charge < -0.3 is 13.9 Å². The highest BCUT2D eigenvalue weighted by Crippen LogP contribution is 2.51. The summed E-state index contributed by atoms with van der Waals surface area (Å²) in [5.41, 5.74) is 0. The molecule has 1 N–H and O–H groups in total. The summed E-state index contributed by atoms with van der Waals surface area (Å²) < 4.78 is 18.3. The van der Waals surface area contributed by atoms with Crippen molar-refractivity contribution >= 4 is 7.60 Å². The lowest BCUT2D eigenvalue weighted by Gasteiger charge is -2.35. The monoisotopic (exact) mass is 404 g/mol. The van der Waals surface area contributed by atoms with Gasteiger partial charge in [0.15, 0.2) is 5.78 Å². The molecule has 0 saturated carbocycles. The Kier molecular flexibility index (Phi) is 15.6. The van der Waals surface area contributed by atoms with E-state index in [2.05, 4.69) is 19.1 Å². The van der Waals surface area contributed by atoms with E-state index in [9.17, 15) is 9.46 Å². The molecule has 0 aliphatic rings. The third-order valence-electron chi connectivity index (χ3n) is 5.07. The van der Waals surface area contributed by atoms with Gasteiger partial charge in [-0.3, -0.25) is 4.57 Å². The average Bonchev–Trinajstić information content (AvgIpc) is 2.57. The Bertz CT molecular complexity index is 418. The second-order valence-electron chi connectivity index (χ2n) is 8.63. The van der Waals surface area contributed by atoms with Crippen molar-refractivity contribution in [3.8, 4) is 0 Å². The van der Waals surface area contributed by atoms with Crippen LogP contribution >= 0.6 is 7.60 Å². The molecule has 27 heavy (non-hydrogen) atoms. The summed E-state index contributed by atoms with van der Waals surface area (Å²) in [4.78, 5) is 10.2. The fraction of sp³-hybridized carbons (Fsp3) is 0.909. The smallest absolute Gasteiger partial charge is 0.320 e. The summed E-state index contributed by atoms with van der Waals surface area (Å²) in [6.07, 6.45) is 20.1. The molecule has 2 atom stereocenters. The van der Waals surface area contributed by atoms with Crippen LogP contribution in [0.3, 0.4) is 0 Å². The molecule has 2 unspecified atom stereocenters.